The fourth-order valence-electron chi connectivity index (χ4n) is 4.56. The zero-order valence-electron chi connectivity index (χ0n) is 20.5. The van der Waals surface area contributed by atoms with Crippen molar-refractivity contribution >= 4 is 32.7 Å². The van der Waals surface area contributed by atoms with Gasteiger partial charge in [-0.25, -0.2) is 13.4 Å². The number of pyridine rings is 2. The first kappa shape index (κ1) is 25.3. The van der Waals surface area contributed by atoms with Gasteiger partial charge in [0.2, 0.25) is 5.43 Å². The molecule has 10 heteroatoms. The van der Waals surface area contributed by atoms with Crippen molar-refractivity contribution in [3.05, 3.63) is 94.4 Å². The molecule has 0 spiro atoms. The van der Waals surface area contributed by atoms with Crippen LogP contribution in [0.2, 0.25) is 0 Å². The molecule has 2 unspecified atom stereocenters. The van der Waals surface area contributed by atoms with Crippen molar-refractivity contribution in [2.24, 2.45) is 5.92 Å². The molecule has 1 amide bonds. The molecule has 4 aromatic rings. The Morgan fingerprint density at radius 1 is 1.08 bits per heavy atom. The zero-order valence-corrected chi connectivity index (χ0v) is 21.3. The highest BCUT2D eigenvalue weighted by Crippen LogP contribution is 2.47. The summed E-state index contributed by atoms with van der Waals surface area (Å²) in [4.78, 5) is 41.5. The fraction of sp³-hybridized carbons (Fsp3) is 0.214. The number of rotatable bonds is 8. The second kappa shape index (κ2) is 9.86. The van der Waals surface area contributed by atoms with Crippen molar-refractivity contribution in [1.82, 2.24) is 14.9 Å². The van der Waals surface area contributed by atoms with E-state index in [2.05, 4.69) is 10.3 Å². The highest BCUT2D eigenvalue weighted by molar-refractivity contribution is 7.90. The number of hydrogen-bond acceptors (Lipinski definition) is 6. The van der Waals surface area contributed by atoms with Crippen LogP contribution in [0.25, 0.3) is 27.8 Å². The summed E-state index contributed by atoms with van der Waals surface area (Å²) in [6, 6.07) is 18.6. The van der Waals surface area contributed by atoms with Crippen molar-refractivity contribution in [2.75, 3.05) is 18.6 Å². The van der Waals surface area contributed by atoms with Gasteiger partial charge in [-0.3, -0.25) is 14.4 Å². The largest absolute Gasteiger partial charge is 0.481 e. The van der Waals surface area contributed by atoms with Gasteiger partial charge in [-0.1, -0.05) is 36.4 Å². The minimum absolute atomic E-state index is 0.0495. The molecule has 2 atom stereocenters. The summed E-state index contributed by atoms with van der Waals surface area (Å²) < 4.78 is 24.5. The number of carbonyl (C=O) groups is 2. The number of hydrogen-bond donors (Lipinski definition) is 2. The monoisotopic (exact) mass is 531 g/mol. The van der Waals surface area contributed by atoms with Gasteiger partial charge in [0.25, 0.3) is 5.91 Å². The van der Waals surface area contributed by atoms with E-state index in [0.717, 1.165) is 22.9 Å². The van der Waals surface area contributed by atoms with Crippen LogP contribution in [-0.4, -0.2) is 53.5 Å². The minimum Gasteiger partial charge on any atom is -0.481 e. The second-order valence-corrected chi connectivity index (χ2v) is 11.7. The van der Waals surface area contributed by atoms with Crippen molar-refractivity contribution in [3.63, 3.8) is 0 Å². The molecular formula is C28H25N3O6S. The number of fused-ring (bicyclic) bond motifs is 1. The summed E-state index contributed by atoms with van der Waals surface area (Å²) in [5.41, 5.74) is 3.26. The van der Waals surface area contributed by atoms with E-state index in [-0.39, 0.29) is 35.1 Å². The lowest BCUT2D eigenvalue weighted by Gasteiger charge is -2.14. The van der Waals surface area contributed by atoms with Gasteiger partial charge >= 0.3 is 5.97 Å². The maximum Gasteiger partial charge on any atom is 0.307 e. The van der Waals surface area contributed by atoms with Crippen molar-refractivity contribution in [1.29, 1.82) is 0 Å². The van der Waals surface area contributed by atoms with Crippen LogP contribution in [0.4, 0.5) is 0 Å². The van der Waals surface area contributed by atoms with Crippen LogP contribution in [0.1, 0.15) is 28.3 Å². The van der Waals surface area contributed by atoms with Gasteiger partial charge in [0.05, 0.1) is 17.1 Å². The number of amides is 1. The second-order valence-electron chi connectivity index (χ2n) is 9.46. The first-order chi connectivity index (χ1) is 18.1. The number of carbonyl (C=O) groups excluding carboxylic acids is 1. The number of benzene rings is 2. The Morgan fingerprint density at radius 2 is 1.84 bits per heavy atom. The van der Waals surface area contributed by atoms with E-state index >= 15 is 0 Å². The summed E-state index contributed by atoms with van der Waals surface area (Å²) in [6.07, 6.45) is 4.72. The number of sulfone groups is 1. The Kier molecular flexibility index (Phi) is 6.58. The highest BCUT2D eigenvalue weighted by atomic mass is 32.2. The molecular weight excluding hydrogens is 506 g/mol. The van der Waals surface area contributed by atoms with Gasteiger partial charge < -0.3 is 15.0 Å². The first-order valence-electron chi connectivity index (χ1n) is 12.0. The summed E-state index contributed by atoms with van der Waals surface area (Å²) in [5.74, 6) is -1.93. The number of carboxylic acids is 1. The number of carboxylic acid groups (broad SMARTS) is 1. The molecule has 1 aliphatic carbocycles. The molecule has 1 aliphatic rings. The highest BCUT2D eigenvalue weighted by Gasteiger charge is 2.44. The Bertz CT molecular complexity index is 1730. The molecule has 0 radical (unpaired) electrons. The molecule has 2 aromatic heterocycles. The van der Waals surface area contributed by atoms with Crippen LogP contribution in [0, 0.1) is 5.92 Å². The van der Waals surface area contributed by atoms with Crippen LogP contribution in [0.3, 0.4) is 0 Å². The molecule has 0 aliphatic heterocycles. The lowest BCUT2D eigenvalue weighted by molar-refractivity contribution is -0.138. The van der Waals surface area contributed by atoms with Gasteiger partial charge in [0.1, 0.15) is 21.0 Å². The number of aliphatic carboxylic acids is 1. The first-order valence-corrected chi connectivity index (χ1v) is 14.1. The third-order valence-corrected chi connectivity index (χ3v) is 7.62. The Labute approximate surface area is 218 Å². The van der Waals surface area contributed by atoms with Crippen molar-refractivity contribution < 1.29 is 23.1 Å². The van der Waals surface area contributed by atoms with Gasteiger partial charge in [-0.05, 0) is 53.3 Å². The van der Waals surface area contributed by atoms with E-state index in [1.54, 1.807) is 22.9 Å². The third-order valence-electron chi connectivity index (χ3n) is 6.67. The van der Waals surface area contributed by atoms with E-state index in [1.807, 2.05) is 48.5 Å². The fourth-order valence-corrected chi connectivity index (χ4v) is 5.03. The van der Waals surface area contributed by atoms with E-state index < -0.39 is 27.1 Å². The molecule has 2 N–H and O–H groups in total. The molecule has 9 nitrogen and oxygen atoms in total. The summed E-state index contributed by atoms with van der Waals surface area (Å²) in [5, 5.41) is 12.0. The molecule has 194 valence electrons. The Balaban J connectivity index is 1.50. The molecule has 0 bridgehead atoms. The van der Waals surface area contributed by atoms with E-state index in [0.29, 0.717) is 17.8 Å². The van der Waals surface area contributed by atoms with Crippen LogP contribution in [0.15, 0.2) is 77.9 Å². The molecule has 1 saturated carbocycles. The van der Waals surface area contributed by atoms with Crippen LogP contribution >= 0.6 is 0 Å². The lowest BCUT2D eigenvalue weighted by Crippen LogP contribution is -2.33. The smallest absolute Gasteiger partial charge is 0.307 e. The number of nitrogens with one attached hydrogen (secondary N) is 1. The van der Waals surface area contributed by atoms with Crippen molar-refractivity contribution in [2.45, 2.75) is 12.3 Å². The van der Waals surface area contributed by atoms with E-state index in [9.17, 15) is 27.9 Å². The quantitative estimate of drug-likeness (QED) is 0.357. The maximum atomic E-state index is 13.1. The minimum atomic E-state index is -3.27. The molecule has 38 heavy (non-hydrogen) atoms. The van der Waals surface area contributed by atoms with Crippen LogP contribution in [-0.2, 0) is 14.6 Å². The van der Waals surface area contributed by atoms with Crippen LogP contribution in [0.5, 0.6) is 0 Å². The predicted molar refractivity (Wildman–Crippen MR) is 143 cm³/mol. The molecule has 2 aromatic carbocycles. The molecule has 5 rings (SSSR count). The van der Waals surface area contributed by atoms with Gasteiger partial charge in [-0.15, -0.1) is 0 Å². The molecule has 0 saturated heterocycles. The van der Waals surface area contributed by atoms with E-state index in [4.69, 9.17) is 0 Å². The standard InChI is InChI=1S/C28H25N3O6S/c1-38(36,37)13-12-30-27(33)24-16-31(26-21(25(24)32)6-3-11-29-26)20-5-2-4-19(14-20)17-7-9-18(10-8-17)22-15-23(22)28(34)35/h2-11,14,16,22-23H,12-13,15H2,1H3,(H,30,33)(H,34,35). The van der Waals surface area contributed by atoms with Gasteiger partial charge in [-0.2, -0.15) is 0 Å². The van der Waals surface area contributed by atoms with E-state index in [1.165, 1.54) is 6.20 Å². The molecule has 2 heterocycles. The normalized spacial score (nSPS) is 16.8. The van der Waals surface area contributed by atoms with Gasteiger partial charge in [0.15, 0.2) is 0 Å². The Morgan fingerprint density at radius 3 is 2.53 bits per heavy atom. The summed E-state index contributed by atoms with van der Waals surface area (Å²) in [6.45, 7) is -0.109. The zero-order chi connectivity index (χ0) is 27.0. The summed E-state index contributed by atoms with van der Waals surface area (Å²) >= 11 is 0. The summed E-state index contributed by atoms with van der Waals surface area (Å²) in [7, 11) is -3.27. The third kappa shape index (κ3) is 5.21. The number of nitrogens with zero attached hydrogens (tertiary/aromatic N) is 2. The average Bonchev–Trinajstić information content (AvgIpc) is 3.70. The predicted octanol–water partition coefficient (Wildman–Crippen LogP) is 3.02. The number of aromatic nitrogens is 2. The lowest BCUT2D eigenvalue weighted by atomic mass is 10.0. The Hall–Kier alpha value is -4.31. The van der Waals surface area contributed by atoms with Gasteiger partial charge in [0, 0.05) is 30.9 Å². The molecule has 1 fully saturated rings. The average molecular weight is 532 g/mol. The maximum absolute atomic E-state index is 13.1. The topological polar surface area (TPSA) is 135 Å². The SMILES string of the molecule is CS(=O)(=O)CCNC(=O)c1cn(-c2cccc(-c3ccc(C4CC4C(=O)O)cc3)c2)c2ncccc2c1=O. The van der Waals surface area contributed by atoms with Crippen molar-refractivity contribution in [3.8, 4) is 16.8 Å². The van der Waals surface area contributed by atoms with Crippen LogP contribution < -0.4 is 10.7 Å².